The summed E-state index contributed by atoms with van der Waals surface area (Å²) < 4.78 is 10.8. The Balaban J connectivity index is 2.02. The van der Waals surface area contributed by atoms with Gasteiger partial charge in [-0.15, -0.1) is 0 Å². The minimum absolute atomic E-state index is 0.0770. The Morgan fingerprint density at radius 3 is 2.72 bits per heavy atom. The molecule has 6 heteroatoms. The van der Waals surface area contributed by atoms with Gasteiger partial charge in [-0.2, -0.15) is 5.10 Å². The van der Waals surface area contributed by atoms with Crippen LogP contribution in [0.1, 0.15) is 38.3 Å². The van der Waals surface area contributed by atoms with Gasteiger partial charge >= 0.3 is 0 Å². The van der Waals surface area contributed by atoms with Crippen LogP contribution < -0.4 is 14.8 Å². The topological polar surface area (TPSA) is 76.2 Å². The molecule has 0 saturated heterocycles. The third-order valence-electron chi connectivity index (χ3n) is 4.73. The molecule has 0 unspecified atom stereocenters. The van der Waals surface area contributed by atoms with E-state index in [4.69, 9.17) is 9.47 Å². The number of aromatic amines is 1. The number of benzene rings is 1. The van der Waals surface area contributed by atoms with Gasteiger partial charge in [0.05, 0.1) is 25.6 Å². The van der Waals surface area contributed by atoms with Gasteiger partial charge < -0.3 is 14.8 Å². The summed E-state index contributed by atoms with van der Waals surface area (Å²) in [6, 6.07) is 5.57. The summed E-state index contributed by atoms with van der Waals surface area (Å²) in [4.78, 5) is 12.5. The van der Waals surface area contributed by atoms with Crippen molar-refractivity contribution in [3.05, 3.63) is 23.9 Å². The van der Waals surface area contributed by atoms with Crippen molar-refractivity contribution in [2.45, 2.75) is 39.0 Å². The van der Waals surface area contributed by atoms with Gasteiger partial charge in [0.15, 0.2) is 0 Å². The summed E-state index contributed by atoms with van der Waals surface area (Å²) >= 11 is 0. The number of carbonyl (C=O) groups excluding carboxylic acids is 1. The van der Waals surface area contributed by atoms with Crippen LogP contribution in [0, 0.1) is 5.92 Å². The van der Waals surface area contributed by atoms with Crippen molar-refractivity contribution in [3.8, 4) is 22.8 Å². The second-order valence-corrected chi connectivity index (χ2v) is 6.36. The van der Waals surface area contributed by atoms with Crippen molar-refractivity contribution in [1.82, 2.24) is 10.2 Å². The molecule has 2 aromatic rings. The van der Waals surface area contributed by atoms with Crippen molar-refractivity contribution >= 4 is 11.6 Å². The average molecular weight is 343 g/mol. The number of nitrogens with one attached hydrogen (secondary N) is 2. The lowest BCUT2D eigenvalue weighted by Gasteiger charge is -2.24. The van der Waals surface area contributed by atoms with Gasteiger partial charge in [0, 0.05) is 11.5 Å². The van der Waals surface area contributed by atoms with E-state index in [2.05, 4.69) is 22.4 Å². The number of anilines is 1. The highest BCUT2D eigenvalue weighted by molar-refractivity contribution is 5.97. The number of hydrogen-bond acceptors (Lipinski definition) is 4. The Hall–Kier alpha value is -2.50. The van der Waals surface area contributed by atoms with Crippen molar-refractivity contribution in [3.63, 3.8) is 0 Å². The van der Waals surface area contributed by atoms with Crippen LogP contribution in [0.2, 0.25) is 0 Å². The number of nitrogens with zero attached hydrogens (tertiary/aromatic N) is 1. The van der Waals surface area contributed by atoms with Crippen LogP contribution in [-0.4, -0.2) is 30.3 Å². The van der Waals surface area contributed by atoms with E-state index in [1.165, 1.54) is 0 Å². The van der Waals surface area contributed by atoms with Gasteiger partial charge in [0.25, 0.3) is 0 Å². The third kappa shape index (κ3) is 3.48. The normalized spacial score (nSPS) is 14.0. The van der Waals surface area contributed by atoms with Crippen LogP contribution in [0.15, 0.2) is 18.2 Å². The lowest BCUT2D eigenvalue weighted by molar-refractivity contribution is -0.122. The molecular weight excluding hydrogens is 318 g/mol. The largest absolute Gasteiger partial charge is 0.497 e. The number of amides is 1. The maximum absolute atomic E-state index is 12.5. The molecule has 0 spiro atoms. The molecule has 1 aromatic heterocycles. The third-order valence-corrected chi connectivity index (χ3v) is 4.73. The van der Waals surface area contributed by atoms with E-state index in [1.807, 2.05) is 18.2 Å². The number of aromatic nitrogens is 2. The molecule has 1 aromatic carbocycles. The van der Waals surface area contributed by atoms with Gasteiger partial charge in [-0.3, -0.25) is 9.89 Å². The summed E-state index contributed by atoms with van der Waals surface area (Å²) in [7, 11) is 3.25. The summed E-state index contributed by atoms with van der Waals surface area (Å²) in [5.41, 5.74) is 3.18. The van der Waals surface area contributed by atoms with Gasteiger partial charge in [-0.1, -0.05) is 19.8 Å². The van der Waals surface area contributed by atoms with E-state index >= 15 is 0 Å². The first-order valence-electron chi connectivity index (χ1n) is 8.78. The molecule has 0 aliphatic heterocycles. The van der Waals surface area contributed by atoms with E-state index in [9.17, 15) is 4.79 Å². The number of rotatable bonds is 7. The zero-order valence-electron chi connectivity index (χ0n) is 15.0. The summed E-state index contributed by atoms with van der Waals surface area (Å²) in [5.74, 6) is 1.60. The number of H-pyrrole nitrogens is 1. The molecule has 0 radical (unpaired) electrons. The van der Waals surface area contributed by atoms with E-state index in [0.29, 0.717) is 17.2 Å². The molecule has 6 nitrogen and oxygen atoms in total. The second kappa shape index (κ2) is 7.59. The van der Waals surface area contributed by atoms with Gasteiger partial charge in [-0.05, 0) is 37.5 Å². The Morgan fingerprint density at radius 1 is 1.32 bits per heavy atom. The zero-order chi connectivity index (χ0) is 17.8. The molecule has 134 valence electrons. The van der Waals surface area contributed by atoms with E-state index in [1.54, 1.807) is 14.2 Å². The molecule has 25 heavy (non-hydrogen) atoms. The summed E-state index contributed by atoms with van der Waals surface area (Å²) in [5, 5.41) is 10.7. The number of ether oxygens (including phenoxy) is 2. The van der Waals surface area contributed by atoms with Crippen LogP contribution in [0.5, 0.6) is 11.5 Å². The fraction of sp³-hybridized carbons (Fsp3) is 0.474. The zero-order valence-corrected chi connectivity index (χ0v) is 15.0. The summed E-state index contributed by atoms with van der Waals surface area (Å²) in [6.07, 6.45) is 4.83. The highest BCUT2D eigenvalue weighted by atomic mass is 16.5. The minimum Gasteiger partial charge on any atom is -0.497 e. The van der Waals surface area contributed by atoms with Gasteiger partial charge in [-0.25, -0.2) is 0 Å². The number of methoxy groups -OCH3 is 2. The Bertz CT molecular complexity index is 750. The van der Waals surface area contributed by atoms with Gasteiger partial charge in [0.1, 0.15) is 17.2 Å². The smallest absolute Gasteiger partial charge is 0.227 e. The summed E-state index contributed by atoms with van der Waals surface area (Å²) in [6.45, 7) is 2.10. The number of aryl methyl sites for hydroxylation is 1. The van der Waals surface area contributed by atoms with Crippen molar-refractivity contribution in [1.29, 1.82) is 0 Å². The first-order valence-corrected chi connectivity index (χ1v) is 8.78. The van der Waals surface area contributed by atoms with E-state index in [-0.39, 0.29) is 11.8 Å². The first-order chi connectivity index (χ1) is 12.2. The van der Waals surface area contributed by atoms with Gasteiger partial charge in [0.2, 0.25) is 5.91 Å². The molecule has 0 bridgehead atoms. The monoisotopic (exact) mass is 343 g/mol. The molecule has 0 atom stereocenters. The highest BCUT2D eigenvalue weighted by Crippen LogP contribution is 2.38. The lowest BCUT2D eigenvalue weighted by atomic mass is 9.84. The predicted molar refractivity (Wildman–Crippen MR) is 97.1 cm³/mol. The average Bonchev–Trinajstić information content (AvgIpc) is 2.95. The standard InChI is InChI=1S/C19H25N3O3/c1-4-6-15-18(20-19(23)12-7-5-8-12)17(22-21-15)14-11-13(24-2)9-10-16(14)25-3/h9-12H,4-8H2,1-3H3,(H,20,23)(H,21,22). The predicted octanol–water partition coefficient (Wildman–Crippen LogP) is 3.79. The lowest BCUT2D eigenvalue weighted by Crippen LogP contribution is -2.28. The molecule has 3 rings (SSSR count). The molecule has 1 aliphatic carbocycles. The maximum atomic E-state index is 12.5. The van der Waals surface area contributed by atoms with Crippen LogP contribution in [0.3, 0.4) is 0 Å². The van der Waals surface area contributed by atoms with E-state index in [0.717, 1.165) is 49.0 Å². The molecule has 2 N–H and O–H groups in total. The Kier molecular flexibility index (Phi) is 5.26. The Morgan fingerprint density at radius 2 is 2.12 bits per heavy atom. The highest BCUT2D eigenvalue weighted by Gasteiger charge is 2.28. The van der Waals surface area contributed by atoms with Crippen molar-refractivity contribution in [2.75, 3.05) is 19.5 Å². The molecule has 1 aliphatic rings. The van der Waals surface area contributed by atoms with E-state index < -0.39 is 0 Å². The molecule has 1 saturated carbocycles. The second-order valence-electron chi connectivity index (χ2n) is 6.36. The molecule has 1 heterocycles. The van der Waals surface area contributed by atoms with Crippen LogP contribution in [-0.2, 0) is 11.2 Å². The van der Waals surface area contributed by atoms with Crippen LogP contribution >= 0.6 is 0 Å². The SMILES string of the molecule is CCCc1[nH]nc(-c2cc(OC)ccc2OC)c1NC(=O)C1CCC1. The van der Waals surface area contributed by atoms with Crippen molar-refractivity contribution < 1.29 is 14.3 Å². The molecule has 1 amide bonds. The Labute approximate surface area is 147 Å². The first kappa shape index (κ1) is 17.3. The van der Waals surface area contributed by atoms with Crippen LogP contribution in [0.25, 0.3) is 11.3 Å². The molecular formula is C19H25N3O3. The number of carbonyl (C=O) groups is 1. The fourth-order valence-electron chi connectivity index (χ4n) is 3.03. The number of hydrogen-bond donors (Lipinski definition) is 2. The maximum Gasteiger partial charge on any atom is 0.227 e. The quantitative estimate of drug-likeness (QED) is 0.802. The van der Waals surface area contributed by atoms with Crippen LogP contribution in [0.4, 0.5) is 5.69 Å². The minimum atomic E-state index is 0.0770. The van der Waals surface area contributed by atoms with Crippen molar-refractivity contribution in [2.24, 2.45) is 5.92 Å². The molecule has 1 fully saturated rings. The fourth-order valence-corrected chi connectivity index (χ4v) is 3.03.